The lowest BCUT2D eigenvalue weighted by Gasteiger charge is -2.25. The van der Waals surface area contributed by atoms with E-state index in [4.69, 9.17) is 11.8 Å². The van der Waals surface area contributed by atoms with Crippen molar-refractivity contribution in [1.82, 2.24) is 0 Å². The molecule has 1 saturated heterocycles. The Morgan fingerprint density at radius 1 is 1.00 bits per heavy atom. The normalized spacial score (nSPS) is 20.6. The second-order valence-electron chi connectivity index (χ2n) is 3.73. The molecule has 0 saturated carbocycles. The number of rotatable bonds is 2. The van der Waals surface area contributed by atoms with Crippen molar-refractivity contribution in [3.63, 3.8) is 0 Å². The molecule has 3 heteroatoms. The summed E-state index contributed by atoms with van der Waals surface area (Å²) in [6.07, 6.45) is 6.73. The molecule has 2 rings (SSSR count). The Hall–Kier alpha value is 0.220. The van der Waals surface area contributed by atoms with Gasteiger partial charge in [-0.25, -0.2) is 0 Å². The predicted octanol–water partition coefficient (Wildman–Crippen LogP) is 4.36. The zero-order valence-corrected chi connectivity index (χ0v) is 10.7. The second-order valence-corrected chi connectivity index (χ2v) is 12.3. The van der Waals surface area contributed by atoms with Gasteiger partial charge in [0.2, 0.25) is 0 Å². The minimum absolute atomic E-state index is 1.09. The quantitative estimate of drug-likeness (QED) is 0.707. The Kier molecular flexibility index (Phi) is 3.70. The number of hydrogen-bond donors (Lipinski definition) is 0. The van der Waals surface area contributed by atoms with Gasteiger partial charge in [0.1, 0.15) is 0 Å². The first kappa shape index (κ1) is 10.7. The molecule has 0 bridgehead atoms. The zero-order valence-electron chi connectivity index (χ0n) is 8.19. The number of benzene rings is 1. The summed E-state index contributed by atoms with van der Waals surface area (Å²) in [4.78, 5) is 1.37. The maximum absolute atomic E-state index is 5.81. The predicted molar refractivity (Wildman–Crippen MR) is 70.2 cm³/mol. The third kappa shape index (κ3) is 2.85. The van der Waals surface area contributed by atoms with E-state index in [1.165, 1.54) is 36.5 Å². The molecule has 1 aromatic rings. The first-order chi connectivity index (χ1) is 6.79. The summed E-state index contributed by atoms with van der Waals surface area (Å²) in [5, 5.41) is -1.09. The van der Waals surface area contributed by atoms with E-state index in [0.29, 0.717) is 0 Å². The van der Waals surface area contributed by atoms with E-state index in [1.54, 1.807) is 0 Å². The van der Waals surface area contributed by atoms with Gasteiger partial charge in [0, 0.05) is 10.1 Å². The smallest absolute Gasteiger partial charge is 0.0124 e. The molecule has 76 valence electrons. The van der Waals surface area contributed by atoms with Crippen LogP contribution in [0.2, 0.25) is 0 Å². The lowest BCUT2D eigenvalue weighted by molar-refractivity contribution is 0.757. The molecule has 1 aliphatic heterocycles. The van der Waals surface area contributed by atoms with Crippen LogP contribution in [0.1, 0.15) is 19.3 Å². The molecule has 1 aliphatic rings. The lowest BCUT2D eigenvalue weighted by Crippen LogP contribution is -1.99. The Bertz CT molecular complexity index is 324. The van der Waals surface area contributed by atoms with Gasteiger partial charge in [0.25, 0.3) is 0 Å². The molecule has 0 N–H and O–H groups in total. The van der Waals surface area contributed by atoms with Gasteiger partial charge in [-0.2, -0.15) is 0 Å². The highest BCUT2D eigenvalue weighted by Gasteiger charge is 2.21. The first-order valence-electron chi connectivity index (χ1n) is 5.11. The monoisotopic (exact) mass is 242 g/mol. The summed E-state index contributed by atoms with van der Waals surface area (Å²) >= 11 is 7.80. The van der Waals surface area contributed by atoms with Crippen molar-refractivity contribution < 1.29 is 0 Å². The van der Waals surface area contributed by atoms with Crippen molar-refractivity contribution in [1.29, 1.82) is 0 Å². The minimum atomic E-state index is -1.09. The van der Waals surface area contributed by atoms with Crippen molar-refractivity contribution in [2.45, 2.75) is 24.2 Å². The van der Waals surface area contributed by atoms with Crippen LogP contribution in [0.15, 0.2) is 35.2 Å². The highest BCUT2D eigenvalue weighted by molar-refractivity contribution is 8.71. The molecule has 0 aliphatic carbocycles. The van der Waals surface area contributed by atoms with E-state index in [0.717, 1.165) is 0 Å². The van der Waals surface area contributed by atoms with Crippen molar-refractivity contribution in [2.24, 2.45) is 0 Å². The molecule has 14 heavy (non-hydrogen) atoms. The van der Waals surface area contributed by atoms with E-state index in [9.17, 15) is 0 Å². The summed E-state index contributed by atoms with van der Waals surface area (Å²) in [6.45, 7) is 0. The van der Waals surface area contributed by atoms with Gasteiger partial charge >= 0.3 is 0 Å². The Morgan fingerprint density at radius 2 is 1.64 bits per heavy atom. The standard InChI is InChI=1S/C11H15PS2/c13-12(9-5-2-6-10-12)14-11-7-3-1-4-8-11/h1,3-4,7-8H,2,5-6,9-10H2. The van der Waals surface area contributed by atoms with E-state index in [1.807, 2.05) is 11.4 Å². The average Bonchev–Trinajstić information content (AvgIpc) is 2.19. The van der Waals surface area contributed by atoms with Crippen LogP contribution >= 0.6 is 16.6 Å². The van der Waals surface area contributed by atoms with Gasteiger partial charge < -0.3 is 0 Å². The summed E-state index contributed by atoms with van der Waals surface area (Å²) in [5.74, 6) is 0. The minimum Gasteiger partial charge on any atom is -0.0882 e. The molecule has 1 fully saturated rings. The van der Waals surface area contributed by atoms with E-state index in [-0.39, 0.29) is 0 Å². The van der Waals surface area contributed by atoms with Crippen molar-refractivity contribution in [3.8, 4) is 0 Å². The van der Waals surface area contributed by atoms with Gasteiger partial charge in [0.15, 0.2) is 0 Å². The van der Waals surface area contributed by atoms with E-state index in [2.05, 4.69) is 30.3 Å². The highest BCUT2D eigenvalue weighted by Crippen LogP contribution is 2.64. The van der Waals surface area contributed by atoms with Crippen LogP contribution in [-0.4, -0.2) is 12.3 Å². The Balaban J connectivity index is 2.06. The molecular weight excluding hydrogens is 227 g/mol. The molecule has 0 nitrogen and oxygen atoms in total. The lowest BCUT2D eigenvalue weighted by atomic mass is 10.3. The second kappa shape index (κ2) is 4.83. The van der Waals surface area contributed by atoms with Crippen molar-refractivity contribution >= 4 is 28.4 Å². The summed E-state index contributed by atoms with van der Waals surface area (Å²) in [6, 6.07) is 10.7. The molecule has 0 radical (unpaired) electrons. The average molecular weight is 242 g/mol. The first-order valence-corrected chi connectivity index (χ1v) is 9.71. The zero-order chi connectivity index (χ0) is 9.86. The van der Waals surface area contributed by atoms with Crippen LogP contribution in [0.25, 0.3) is 0 Å². The van der Waals surface area contributed by atoms with Crippen molar-refractivity contribution in [3.05, 3.63) is 30.3 Å². The molecule has 0 unspecified atom stereocenters. The van der Waals surface area contributed by atoms with Gasteiger partial charge in [-0.3, -0.25) is 0 Å². The fourth-order valence-electron chi connectivity index (χ4n) is 1.76. The summed E-state index contributed by atoms with van der Waals surface area (Å²) < 4.78 is 0. The fourth-order valence-corrected chi connectivity index (χ4v) is 8.63. The Labute approximate surface area is 95.2 Å². The number of hydrogen-bond acceptors (Lipinski definition) is 2. The van der Waals surface area contributed by atoms with E-state index < -0.39 is 5.24 Å². The van der Waals surface area contributed by atoms with Crippen LogP contribution < -0.4 is 0 Å². The third-order valence-corrected chi connectivity index (χ3v) is 9.82. The molecule has 1 aromatic carbocycles. The Morgan fingerprint density at radius 3 is 2.29 bits per heavy atom. The topological polar surface area (TPSA) is 0 Å². The fraction of sp³-hybridized carbons (Fsp3) is 0.455. The molecule has 0 atom stereocenters. The summed E-state index contributed by atoms with van der Waals surface area (Å²) in [7, 11) is 0. The highest BCUT2D eigenvalue weighted by atomic mass is 32.9. The molecular formula is C11H15PS2. The van der Waals surface area contributed by atoms with Crippen LogP contribution in [0, 0.1) is 0 Å². The SMILES string of the molecule is S=P1(Sc2ccccc2)CCCCC1. The molecule has 1 heterocycles. The molecule has 0 amide bonds. The summed E-state index contributed by atoms with van der Waals surface area (Å²) in [5.41, 5.74) is 0. The largest absolute Gasteiger partial charge is 0.0882 e. The maximum atomic E-state index is 5.81. The van der Waals surface area contributed by atoms with Gasteiger partial charge in [0.05, 0.1) is 0 Å². The van der Waals surface area contributed by atoms with Gasteiger partial charge in [-0.05, 0) is 37.3 Å². The third-order valence-electron chi connectivity index (χ3n) is 2.51. The van der Waals surface area contributed by atoms with Gasteiger partial charge in [-0.1, -0.05) is 47.8 Å². The van der Waals surface area contributed by atoms with Crippen LogP contribution in [0.5, 0.6) is 0 Å². The van der Waals surface area contributed by atoms with Crippen molar-refractivity contribution in [2.75, 3.05) is 12.3 Å². The van der Waals surface area contributed by atoms with Crippen LogP contribution in [-0.2, 0) is 11.8 Å². The van der Waals surface area contributed by atoms with Crippen LogP contribution in [0.3, 0.4) is 0 Å². The molecule has 0 spiro atoms. The van der Waals surface area contributed by atoms with Crippen LogP contribution in [0.4, 0.5) is 0 Å². The van der Waals surface area contributed by atoms with Gasteiger partial charge in [-0.15, -0.1) is 0 Å². The molecule has 0 aromatic heterocycles. The maximum Gasteiger partial charge on any atom is 0.0124 e. The van der Waals surface area contributed by atoms with E-state index >= 15 is 0 Å².